The number of nitrogen functional groups attached to an aromatic ring is 1. The summed E-state index contributed by atoms with van der Waals surface area (Å²) in [5, 5.41) is 0. The van der Waals surface area contributed by atoms with Crippen LogP contribution in [0, 0.1) is 11.6 Å². The third-order valence-corrected chi connectivity index (χ3v) is 2.90. The van der Waals surface area contributed by atoms with E-state index in [0.29, 0.717) is 0 Å². The number of nitrogens with zero attached hydrogens (tertiary/aromatic N) is 2. The van der Waals surface area contributed by atoms with Gasteiger partial charge < -0.3 is 11.5 Å². The molecule has 4 N–H and O–H groups in total. The van der Waals surface area contributed by atoms with E-state index in [1.54, 1.807) is 0 Å². The smallest absolute Gasteiger partial charge is 0.243 e. The summed E-state index contributed by atoms with van der Waals surface area (Å²) in [6.07, 6.45) is 0. The lowest BCUT2D eigenvalue weighted by atomic mass is 10.0. The molecule has 1 aromatic heterocycles. The highest BCUT2D eigenvalue weighted by atomic mass is 19.2. The van der Waals surface area contributed by atoms with E-state index in [4.69, 9.17) is 11.5 Å². The molecule has 2 rings (SSSR count). The molecule has 0 saturated heterocycles. The minimum Gasteiger partial charge on any atom is -0.369 e. The highest BCUT2D eigenvalue weighted by Gasteiger charge is 2.32. The summed E-state index contributed by atoms with van der Waals surface area (Å²) >= 11 is 0. The van der Waals surface area contributed by atoms with Crippen LogP contribution in [0.4, 0.5) is 14.7 Å². The fourth-order valence-electron chi connectivity index (χ4n) is 1.80. The predicted octanol–water partition coefficient (Wildman–Crippen LogP) is 1.12. The first-order chi connectivity index (χ1) is 8.26. The highest BCUT2D eigenvalue weighted by molar-refractivity contribution is 5.87. The number of carbonyl (C=O) groups excluding carboxylic acids is 1. The number of carbonyl (C=O) groups is 1. The van der Waals surface area contributed by atoms with Crippen LogP contribution in [0.2, 0.25) is 0 Å². The number of primary amides is 1. The molecule has 5 nitrogen and oxygen atoms in total. The van der Waals surface area contributed by atoms with E-state index in [0.717, 1.165) is 10.6 Å². The number of halogens is 2. The van der Waals surface area contributed by atoms with E-state index in [1.165, 1.54) is 19.9 Å². The Morgan fingerprint density at radius 1 is 1.39 bits per heavy atom. The molecule has 2 aromatic rings. The van der Waals surface area contributed by atoms with E-state index in [9.17, 15) is 13.6 Å². The molecule has 1 amide bonds. The molecular weight excluding hydrogens is 242 g/mol. The predicted molar refractivity (Wildman–Crippen MR) is 62.6 cm³/mol. The van der Waals surface area contributed by atoms with Gasteiger partial charge in [-0.1, -0.05) is 0 Å². The van der Waals surface area contributed by atoms with Gasteiger partial charge in [0.1, 0.15) is 11.1 Å². The molecule has 0 saturated carbocycles. The molecule has 1 aromatic carbocycles. The molecule has 96 valence electrons. The van der Waals surface area contributed by atoms with Crippen LogP contribution < -0.4 is 11.5 Å². The molecule has 0 aliphatic rings. The minimum absolute atomic E-state index is 0.0988. The van der Waals surface area contributed by atoms with Gasteiger partial charge >= 0.3 is 0 Å². The molecular formula is C11H12F2N4O. The summed E-state index contributed by atoms with van der Waals surface area (Å²) in [7, 11) is 0. The van der Waals surface area contributed by atoms with Crippen molar-refractivity contribution in [2.24, 2.45) is 5.73 Å². The Hall–Kier alpha value is -2.18. The SMILES string of the molecule is CC(C)(C(N)=O)n1c(N)nc2ccc(F)c(F)c21. The first-order valence-corrected chi connectivity index (χ1v) is 5.19. The van der Waals surface area contributed by atoms with Crippen molar-refractivity contribution in [2.45, 2.75) is 19.4 Å². The standard InChI is InChI=1S/C11H12F2N4O/c1-11(2,9(14)18)17-8-6(16-10(17)15)4-3-5(12)7(8)13/h3-4H,1-2H3,(H2,14,18)(H2,15,16). The van der Waals surface area contributed by atoms with Crippen LogP contribution in [-0.2, 0) is 10.3 Å². The summed E-state index contributed by atoms with van der Waals surface area (Å²) in [5.41, 5.74) is 9.59. The molecule has 0 radical (unpaired) electrons. The summed E-state index contributed by atoms with van der Waals surface area (Å²) in [4.78, 5) is 15.3. The molecule has 7 heteroatoms. The topological polar surface area (TPSA) is 86.9 Å². The van der Waals surface area contributed by atoms with Gasteiger partial charge in [0.2, 0.25) is 11.9 Å². The second-order valence-electron chi connectivity index (χ2n) is 4.46. The fraction of sp³-hybridized carbons (Fsp3) is 0.273. The lowest BCUT2D eigenvalue weighted by Gasteiger charge is -2.24. The largest absolute Gasteiger partial charge is 0.369 e. The van der Waals surface area contributed by atoms with Crippen molar-refractivity contribution in [3.63, 3.8) is 0 Å². The molecule has 1 heterocycles. The monoisotopic (exact) mass is 254 g/mol. The Morgan fingerprint density at radius 3 is 2.56 bits per heavy atom. The van der Waals surface area contributed by atoms with Crippen LogP contribution in [0.1, 0.15) is 13.8 Å². The van der Waals surface area contributed by atoms with Crippen molar-refractivity contribution < 1.29 is 13.6 Å². The van der Waals surface area contributed by atoms with Crippen LogP contribution >= 0.6 is 0 Å². The number of hydrogen-bond donors (Lipinski definition) is 2. The lowest BCUT2D eigenvalue weighted by molar-refractivity contribution is -0.124. The first-order valence-electron chi connectivity index (χ1n) is 5.19. The fourth-order valence-corrected chi connectivity index (χ4v) is 1.80. The summed E-state index contributed by atoms with van der Waals surface area (Å²) < 4.78 is 28.2. The van der Waals surface area contributed by atoms with E-state index in [1.807, 2.05) is 0 Å². The number of amides is 1. The minimum atomic E-state index is -1.31. The van der Waals surface area contributed by atoms with Gasteiger partial charge in [-0.05, 0) is 26.0 Å². The van der Waals surface area contributed by atoms with E-state index < -0.39 is 23.1 Å². The van der Waals surface area contributed by atoms with Crippen molar-refractivity contribution in [1.82, 2.24) is 9.55 Å². The molecule has 0 bridgehead atoms. The van der Waals surface area contributed by atoms with Crippen LogP contribution in [0.5, 0.6) is 0 Å². The molecule has 18 heavy (non-hydrogen) atoms. The van der Waals surface area contributed by atoms with E-state index in [-0.39, 0.29) is 17.0 Å². The number of hydrogen-bond acceptors (Lipinski definition) is 3. The number of rotatable bonds is 2. The van der Waals surface area contributed by atoms with Crippen molar-refractivity contribution in [3.8, 4) is 0 Å². The number of aromatic nitrogens is 2. The Bertz CT molecular complexity index is 648. The van der Waals surface area contributed by atoms with Crippen LogP contribution in [0.3, 0.4) is 0 Å². The van der Waals surface area contributed by atoms with Crippen molar-refractivity contribution in [3.05, 3.63) is 23.8 Å². The average Bonchev–Trinajstić information content (AvgIpc) is 2.61. The Labute approximate surface area is 101 Å². The zero-order valence-corrected chi connectivity index (χ0v) is 9.87. The quantitative estimate of drug-likeness (QED) is 0.841. The summed E-state index contributed by atoms with van der Waals surface area (Å²) in [6, 6.07) is 2.24. The maximum atomic E-state index is 13.8. The number of nitrogens with two attached hydrogens (primary N) is 2. The molecule has 0 aliphatic carbocycles. The van der Waals surface area contributed by atoms with Gasteiger partial charge in [0.25, 0.3) is 0 Å². The van der Waals surface area contributed by atoms with Gasteiger partial charge in [-0.2, -0.15) is 0 Å². The lowest BCUT2D eigenvalue weighted by Crippen LogP contribution is -2.41. The van der Waals surface area contributed by atoms with E-state index in [2.05, 4.69) is 4.98 Å². The molecule has 0 fully saturated rings. The van der Waals surface area contributed by atoms with Gasteiger partial charge in [-0.3, -0.25) is 9.36 Å². The van der Waals surface area contributed by atoms with Crippen molar-refractivity contribution in [1.29, 1.82) is 0 Å². The Balaban J connectivity index is 2.90. The number of imidazole rings is 1. The van der Waals surface area contributed by atoms with Crippen molar-refractivity contribution in [2.75, 3.05) is 5.73 Å². The van der Waals surface area contributed by atoms with Gasteiger partial charge in [0.05, 0.1) is 5.52 Å². The second-order valence-corrected chi connectivity index (χ2v) is 4.46. The number of fused-ring (bicyclic) bond motifs is 1. The Kier molecular flexibility index (Phi) is 2.50. The van der Waals surface area contributed by atoms with Gasteiger partial charge in [0, 0.05) is 0 Å². The third kappa shape index (κ3) is 1.51. The van der Waals surface area contributed by atoms with Crippen molar-refractivity contribution >= 4 is 22.9 Å². The van der Waals surface area contributed by atoms with Gasteiger partial charge in [-0.15, -0.1) is 0 Å². The molecule has 0 unspecified atom stereocenters. The molecule has 0 aliphatic heterocycles. The highest BCUT2D eigenvalue weighted by Crippen LogP contribution is 2.29. The summed E-state index contributed by atoms with van der Waals surface area (Å²) in [5.74, 6) is -2.97. The van der Waals surface area contributed by atoms with E-state index >= 15 is 0 Å². The number of benzene rings is 1. The second kappa shape index (κ2) is 3.66. The normalized spacial score (nSPS) is 12.0. The van der Waals surface area contributed by atoms with Crippen LogP contribution in [0.15, 0.2) is 12.1 Å². The average molecular weight is 254 g/mol. The number of anilines is 1. The van der Waals surface area contributed by atoms with Gasteiger partial charge in [-0.25, -0.2) is 13.8 Å². The Morgan fingerprint density at radius 2 is 2.00 bits per heavy atom. The summed E-state index contributed by atoms with van der Waals surface area (Å²) in [6.45, 7) is 2.91. The zero-order chi connectivity index (χ0) is 13.7. The van der Waals surface area contributed by atoms with Crippen LogP contribution in [-0.4, -0.2) is 15.5 Å². The third-order valence-electron chi connectivity index (χ3n) is 2.90. The maximum absolute atomic E-state index is 13.8. The maximum Gasteiger partial charge on any atom is 0.243 e. The molecule has 0 atom stereocenters. The zero-order valence-electron chi connectivity index (χ0n) is 9.87. The van der Waals surface area contributed by atoms with Gasteiger partial charge in [0.15, 0.2) is 11.6 Å². The van der Waals surface area contributed by atoms with Crippen LogP contribution in [0.25, 0.3) is 11.0 Å². The molecule has 0 spiro atoms. The first kappa shape index (κ1) is 12.3.